The number of amidine groups is 1. The van der Waals surface area contributed by atoms with Crippen LogP contribution >= 0.6 is 0 Å². The maximum absolute atomic E-state index is 13.5. The normalized spacial score (nSPS) is 10.1. The highest BCUT2D eigenvalue weighted by Crippen LogP contribution is 2.15. The van der Waals surface area contributed by atoms with Crippen LogP contribution in [0.3, 0.4) is 0 Å². The van der Waals surface area contributed by atoms with Crippen molar-refractivity contribution in [2.24, 2.45) is 5.73 Å². The van der Waals surface area contributed by atoms with E-state index in [0.717, 1.165) is 6.07 Å². The Kier molecular flexibility index (Phi) is 4.03. The lowest BCUT2D eigenvalue weighted by atomic mass is 10.2. The number of nitrogen functional groups attached to an aromatic ring is 1. The summed E-state index contributed by atoms with van der Waals surface area (Å²) in [7, 11) is 0. The van der Waals surface area contributed by atoms with Crippen LogP contribution in [-0.4, -0.2) is 18.0 Å². The lowest BCUT2D eigenvalue weighted by molar-refractivity contribution is 0.130. The van der Waals surface area contributed by atoms with Gasteiger partial charge in [0.05, 0.1) is 11.8 Å². The summed E-state index contributed by atoms with van der Waals surface area (Å²) < 4.78 is 18.3. The summed E-state index contributed by atoms with van der Waals surface area (Å²) in [6.07, 6.45) is -1.01. The van der Waals surface area contributed by atoms with Crippen LogP contribution in [-0.2, 0) is 4.74 Å². The number of nitrogens with one attached hydrogen (secondary N) is 2. The van der Waals surface area contributed by atoms with E-state index in [1.54, 1.807) is 13.8 Å². The molecule has 5 nitrogen and oxygen atoms in total. The molecule has 1 aromatic carbocycles. The van der Waals surface area contributed by atoms with Crippen molar-refractivity contribution in [3.05, 3.63) is 29.6 Å². The summed E-state index contributed by atoms with van der Waals surface area (Å²) in [5.74, 6) is -0.904. The number of carbonyl (C=O) groups is 1. The second-order valence-electron chi connectivity index (χ2n) is 3.69. The fourth-order valence-electron chi connectivity index (χ4n) is 1.14. The Bertz CT molecular complexity index is 446. The largest absolute Gasteiger partial charge is 0.447 e. The zero-order valence-electron chi connectivity index (χ0n) is 9.58. The minimum Gasteiger partial charge on any atom is -0.447 e. The topological polar surface area (TPSA) is 88.2 Å². The summed E-state index contributed by atoms with van der Waals surface area (Å²) in [6.45, 7) is 3.38. The van der Waals surface area contributed by atoms with Crippen molar-refractivity contribution in [1.29, 1.82) is 5.41 Å². The summed E-state index contributed by atoms with van der Waals surface area (Å²) in [5, 5.41) is 9.40. The molecular formula is C11H14FN3O2. The fourth-order valence-corrected chi connectivity index (χ4v) is 1.14. The van der Waals surface area contributed by atoms with E-state index in [1.807, 2.05) is 0 Å². The second-order valence-corrected chi connectivity index (χ2v) is 3.69. The molecule has 1 aromatic rings. The van der Waals surface area contributed by atoms with E-state index in [2.05, 4.69) is 5.32 Å². The van der Waals surface area contributed by atoms with Crippen molar-refractivity contribution >= 4 is 17.6 Å². The Hall–Kier alpha value is -2.11. The highest BCUT2D eigenvalue weighted by atomic mass is 19.1. The molecule has 0 aliphatic carbocycles. The molecule has 0 bridgehead atoms. The lowest BCUT2D eigenvalue weighted by Gasteiger charge is -2.10. The summed E-state index contributed by atoms with van der Waals surface area (Å²) in [6, 6.07) is 3.84. The van der Waals surface area contributed by atoms with Crippen LogP contribution in [0.25, 0.3) is 0 Å². The number of hydrogen-bond donors (Lipinski definition) is 3. The highest BCUT2D eigenvalue weighted by molar-refractivity contribution is 5.95. The molecule has 4 N–H and O–H groups in total. The number of nitrogens with two attached hydrogens (primary N) is 1. The molecule has 0 fully saturated rings. The highest BCUT2D eigenvalue weighted by Gasteiger charge is 2.10. The van der Waals surface area contributed by atoms with Gasteiger partial charge in [0.1, 0.15) is 11.7 Å². The first-order valence-corrected chi connectivity index (χ1v) is 5.01. The van der Waals surface area contributed by atoms with Gasteiger partial charge in [-0.25, -0.2) is 9.18 Å². The van der Waals surface area contributed by atoms with Crippen LogP contribution in [0.4, 0.5) is 14.9 Å². The van der Waals surface area contributed by atoms with E-state index < -0.39 is 11.9 Å². The molecule has 0 saturated carbocycles. The molecule has 0 unspecified atom stereocenters. The predicted molar refractivity (Wildman–Crippen MR) is 62.7 cm³/mol. The second kappa shape index (κ2) is 5.29. The van der Waals surface area contributed by atoms with Gasteiger partial charge in [0, 0.05) is 5.56 Å². The van der Waals surface area contributed by atoms with E-state index in [0.29, 0.717) is 0 Å². The summed E-state index contributed by atoms with van der Waals surface area (Å²) >= 11 is 0. The molecule has 0 aromatic heterocycles. The molecule has 0 saturated heterocycles. The first-order chi connectivity index (χ1) is 7.90. The molecule has 1 rings (SSSR count). The number of hydrogen-bond acceptors (Lipinski definition) is 3. The molecule has 0 aliphatic rings. The molecule has 0 atom stereocenters. The Morgan fingerprint density at radius 3 is 2.65 bits per heavy atom. The number of ether oxygens (including phenoxy) is 1. The van der Waals surface area contributed by atoms with Crippen LogP contribution in [0, 0.1) is 11.2 Å². The minimum atomic E-state index is -0.727. The average Bonchev–Trinajstić information content (AvgIpc) is 2.19. The molecule has 0 radical (unpaired) electrons. The molecule has 0 heterocycles. The van der Waals surface area contributed by atoms with Gasteiger partial charge in [0.15, 0.2) is 0 Å². The number of benzene rings is 1. The third kappa shape index (κ3) is 3.75. The average molecular weight is 239 g/mol. The van der Waals surface area contributed by atoms with Gasteiger partial charge in [-0.2, -0.15) is 0 Å². The van der Waals surface area contributed by atoms with Gasteiger partial charge in [0.25, 0.3) is 0 Å². The van der Waals surface area contributed by atoms with Gasteiger partial charge in [-0.1, -0.05) is 0 Å². The molecule has 6 heteroatoms. The van der Waals surface area contributed by atoms with Crippen molar-refractivity contribution in [3.63, 3.8) is 0 Å². The van der Waals surface area contributed by atoms with Gasteiger partial charge < -0.3 is 10.5 Å². The number of carbonyl (C=O) groups excluding carboxylic acids is 1. The third-order valence-corrected chi connectivity index (χ3v) is 1.86. The van der Waals surface area contributed by atoms with Crippen molar-refractivity contribution < 1.29 is 13.9 Å². The van der Waals surface area contributed by atoms with E-state index in [4.69, 9.17) is 15.9 Å². The van der Waals surface area contributed by atoms with Gasteiger partial charge in [-0.15, -0.1) is 0 Å². The van der Waals surface area contributed by atoms with Crippen molar-refractivity contribution in [1.82, 2.24) is 0 Å². The molecule has 17 heavy (non-hydrogen) atoms. The number of halogens is 1. The van der Waals surface area contributed by atoms with E-state index in [1.165, 1.54) is 12.1 Å². The van der Waals surface area contributed by atoms with Gasteiger partial charge in [-0.3, -0.25) is 10.7 Å². The van der Waals surface area contributed by atoms with E-state index in [-0.39, 0.29) is 23.2 Å². The number of amides is 1. The molecular weight excluding hydrogens is 225 g/mol. The van der Waals surface area contributed by atoms with Crippen LogP contribution in [0.2, 0.25) is 0 Å². The summed E-state index contributed by atoms with van der Waals surface area (Å²) in [5.41, 5.74) is 5.45. The molecule has 0 spiro atoms. The maximum atomic E-state index is 13.5. The van der Waals surface area contributed by atoms with E-state index in [9.17, 15) is 9.18 Å². The molecule has 1 amide bonds. The standard InChI is InChI=1S/C11H14FN3O2/c1-6(2)17-11(16)15-9-4-3-7(10(13)14)5-8(9)12/h3-6H,1-2H3,(H3,13,14)(H,15,16). The van der Waals surface area contributed by atoms with Crippen LogP contribution in [0.15, 0.2) is 18.2 Å². The first kappa shape index (κ1) is 13.0. The summed E-state index contributed by atoms with van der Waals surface area (Å²) in [4.78, 5) is 11.2. The van der Waals surface area contributed by atoms with Crippen LogP contribution in [0.5, 0.6) is 0 Å². The Balaban J connectivity index is 2.79. The minimum absolute atomic E-state index is 0.0133. The van der Waals surface area contributed by atoms with Crippen molar-refractivity contribution in [3.8, 4) is 0 Å². The van der Waals surface area contributed by atoms with Crippen LogP contribution in [0.1, 0.15) is 19.4 Å². The smallest absolute Gasteiger partial charge is 0.411 e. The van der Waals surface area contributed by atoms with Gasteiger partial charge in [0.2, 0.25) is 0 Å². The van der Waals surface area contributed by atoms with Gasteiger partial charge in [-0.05, 0) is 32.0 Å². The molecule has 0 aliphatic heterocycles. The quantitative estimate of drug-likeness (QED) is 0.557. The number of rotatable bonds is 3. The maximum Gasteiger partial charge on any atom is 0.411 e. The number of anilines is 1. The van der Waals surface area contributed by atoms with Crippen molar-refractivity contribution in [2.75, 3.05) is 5.32 Å². The Morgan fingerprint density at radius 2 is 2.18 bits per heavy atom. The lowest BCUT2D eigenvalue weighted by Crippen LogP contribution is -2.19. The third-order valence-electron chi connectivity index (χ3n) is 1.86. The Morgan fingerprint density at radius 1 is 1.53 bits per heavy atom. The van der Waals surface area contributed by atoms with Gasteiger partial charge >= 0.3 is 6.09 Å². The monoisotopic (exact) mass is 239 g/mol. The zero-order chi connectivity index (χ0) is 13.0. The zero-order valence-corrected chi connectivity index (χ0v) is 9.58. The van der Waals surface area contributed by atoms with Crippen LogP contribution < -0.4 is 11.1 Å². The van der Waals surface area contributed by atoms with Crippen molar-refractivity contribution in [2.45, 2.75) is 20.0 Å². The molecule has 92 valence electrons. The van der Waals surface area contributed by atoms with E-state index >= 15 is 0 Å². The predicted octanol–water partition coefficient (Wildman–Crippen LogP) is 2.07. The SMILES string of the molecule is CC(C)OC(=O)Nc1ccc(C(=N)N)cc1F. The Labute approximate surface area is 98.3 Å². The fraction of sp³-hybridized carbons (Fsp3) is 0.273. The first-order valence-electron chi connectivity index (χ1n) is 5.01.